The molecule has 6 nitrogen and oxygen atoms in total. The van der Waals surface area contributed by atoms with E-state index in [4.69, 9.17) is 27.9 Å². The van der Waals surface area contributed by atoms with Crippen molar-refractivity contribution in [3.8, 4) is 5.88 Å². The minimum Gasteiger partial charge on any atom is -0.477 e. The minimum atomic E-state index is -0.0278. The fourth-order valence-electron chi connectivity index (χ4n) is 3.27. The Morgan fingerprint density at radius 1 is 1.12 bits per heavy atom. The summed E-state index contributed by atoms with van der Waals surface area (Å²) in [4.78, 5) is 16.8. The van der Waals surface area contributed by atoms with E-state index >= 15 is 0 Å². The topological polar surface area (TPSA) is 50.6 Å². The van der Waals surface area contributed by atoms with Gasteiger partial charge in [0, 0.05) is 39.1 Å². The van der Waals surface area contributed by atoms with Crippen LogP contribution in [0, 0.1) is 0 Å². The van der Waals surface area contributed by atoms with Gasteiger partial charge < -0.3 is 14.5 Å². The van der Waals surface area contributed by atoms with Crippen molar-refractivity contribution in [3.63, 3.8) is 0 Å². The maximum absolute atomic E-state index is 12.8. The van der Waals surface area contributed by atoms with Crippen molar-refractivity contribution in [1.82, 2.24) is 14.7 Å². The molecule has 2 aliphatic heterocycles. The van der Waals surface area contributed by atoms with Crippen LogP contribution < -0.4 is 9.64 Å². The van der Waals surface area contributed by atoms with Crippen LogP contribution in [0.1, 0.15) is 16.8 Å². The van der Waals surface area contributed by atoms with E-state index < -0.39 is 0 Å². The molecular weight excluding hydrogens is 363 g/mol. The van der Waals surface area contributed by atoms with Gasteiger partial charge in [0.05, 0.1) is 28.5 Å². The standard InChI is InChI=1S/C17H18Cl2N4O2/c18-13-3-1-4-14(15(13)19)21-6-8-22(9-7-21)16(24)12-11-20-23-5-2-10-25-17(12)23/h1,3-4,11H,2,5-10H2. The molecule has 1 amide bonds. The molecule has 1 saturated heterocycles. The fraction of sp³-hybridized carbons (Fsp3) is 0.412. The summed E-state index contributed by atoms with van der Waals surface area (Å²) in [6, 6.07) is 5.61. The first-order chi connectivity index (χ1) is 12.1. The van der Waals surface area contributed by atoms with Gasteiger partial charge in [-0.05, 0) is 12.1 Å². The van der Waals surface area contributed by atoms with E-state index in [0.29, 0.717) is 54.3 Å². The molecule has 1 fully saturated rings. The largest absolute Gasteiger partial charge is 0.477 e. The number of amides is 1. The van der Waals surface area contributed by atoms with Crippen molar-refractivity contribution in [3.05, 3.63) is 40.0 Å². The molecule has 2 aliphatic rings. The zero-order valence-electron chi connectivity index (χ0n) is 13.6. The molecule has 0 radical (unpaired) electrons. The van der Waals surface area contributed by atoms with Crippen LogP contribution in [0.3, 0.4) is 0 Å². The van der Waals surface area contributed by atoms with Crippen LogP contribution in [0.5, 0.6) is 5.88 Å². The predicted octanol–water partition coefficient (Wildman–Crippen LogP) is 2.93. The van der Waals surface area contributed by atoms with E-state index in [1.54, 1.807) is 16.9 Å². The fourth-order valence-corrected chi connectivity index (χ4v) is 3.69. The number of nitrogens with zero attached hydrogens (tertiary/aromatic N) is 4. The van der Waals surface area contributed by atoms with Crippen LogP contribution in [0.25, 0.3) is 0 Å². The molecule has 0 spiro atoms. The third-order valence-corrected chi connectivity index (χ3v) is 5.42. The monoisotopic (exact) mass is 380 g/mol. The first-order valence-corrected chi connectivity index (χ1v) is 9.07. The number of carbonyl (C=O) groups is 1. The number of fused-ring (bicyclic) bond motifs is 1. The summed E-state index contributed by atoms with van der Waals surface area (Å²) < 4.78 is 7.40. The molecule has 0 saturated carbocycles. The highest BCUT2D eigenvalue weighted by molar-refractivity contribution is 6.43. The van der Waals surface area contributed by atoms with Crippen LogP contribution in [-0.2, 0) is 6.54 Å². The molecule has 8 heteroatoms. The number of carbonyl (C=O) groups excluding carboxylic acids is 1. The van der Waals surface area contributed by atoms with Gasteiger partial charge in [0.2, 0.25) is 5.88 Å². The number of aryl methyl sites for hydroxylation is 1. The Morgan fingerprint density at radius 2 is 1.92 bits per heavy atom. The molecule has 2 aromatic rings. The number of anilines is 1. The molecule has 25 heavy (non-hydrogen) atoms. The summed E-state index contributed by atoms with van der Waals surface area (Å²) in [5, 5.41) is 5.36. The lowest BCUT2D eigenvalue weighted by atomic mass is 10.2. The summed E-state index contributed by atoms with van der Waals surface area (Å²) in [6.45, 7) is 4.07. The van der Waals surface area contributed by atoms with E-state index in [1.807, 2.05) is 17.0 Å². The molecule has 0 unspecified atom stereocenters. The van der Waals surface area contributed by atoms with Gasteiger partial charge in [-0.3, -0.25) is 4.79 Å². The van der Waals surface area contributed by atoms with Gasteiger partial charge in [0.1, 0.15) is 5.56 Å². The van der Waals surface area contributed by atoms with Gasteiger partial charge >= 0.3 is 0 Å². The van der Waals surface area contributed by atoms with Crippen LogP contribution in [-0.4, -0.2) is 53.4 Å². The SMILES string of the molecule is O=C(c1cnn2c1OCCC2)N1CCN(c2cccc(Cl)c2Cl)CC1. The Labute approximate surface area is 155 Å². The van der Waals surface area contributed by atoms with E-state index in [2.05, 4.69) is 10.00 Å². The highest BCUT2D eigenvalue weighted by atomic mass is 35.5. The van der Waals surface area contributed by atoms with Crippen molar-refractivity contribution < 1.29 is 9.53 Å². The Hall–Kier alpha value is -1.92. The summed E-state index contributed by atoms with van der Waals surface area (Å²) in [7, 11) is 0. The van der Waals surface area contributed by atoms with Crippen molar-refractivity contribution in [2.45, 2.75) is 13.0 Å². The molecule has 1 aromatic heterocycles. The molecule has 0 bridgehead atoms. The number of piperazine rings is 1. The van der Waals surface area contributed by atoms with Crippen LogP contribution in [0.4, 0.5) is 5.69 Å². The molecule has 0 aliphatic carbocycles. The van der Waals surface area contributed by atoms with Crippen molar-refractivity contribution in [2.75, 3.05) is 37.7 Å². The van der Waals surface area contributed by atoms with Gasteiger partial charge in [-0.15, -0.1) is 0 Å². The van der Waals surface area contributed by atoms with Crippen molar-refractivity contribution in [2.24, 2.45) is 0 Å². The Morgan fingerprint density at radius 3 is 2.72 bits per heavy atom. The lowest BCUT2D eigenvalue weighted by Crippen LogP contribution is -2.49. The smallest absolute Gasteiger partial charge is 0.261 e. The summed E-state index contributed by atoms with van der Waals surface area (Å²) in [5.41, 5.74) is 1.46. The summed E-state index contributed by atoms with van der Waals surface area (Å²) >= 11 is 12.4. The summed E-state index contributed by atoms with van der Waals surface area (Å²) in [6.07, 6.45) is 2.53. The number of benzene rings is 1. The second kappa shape index (κ2) is 6.77. The number of rotatable bonds is 2. The van der Waals surface area contributed by atoms with E-state index in [-0.39, 0.29) is 5.91 Å². The van der Waals surface area contributed by atoms with Gasteiger partial charge in [0.15, 0.2) is 0 Å². The minimum absolute atomic E-state index is 0.0278. The van der Waals surface area contributed by atoms with Crippen molar-refractivity contribution >= 4 is 34.8 Å². The molecule has 1 aromatic carbocycles. The highest BCUT2D eigenvalue weighted by Crippen LogP contribution is 2.33. The van der Waals surface area contributed by atoms with Gasteiger partial charge in [-0.25, -0.2) is 4.68 Å². The van der Waals surface area contributed by atoms with E-state index in [9.17, 15) is 4.79 Å². The number of halogens is 2. The molecule has 132 valence electrons. The van der Waals surface area contributed by atoms with Crippen LogP contribution in [0.2, 0.25) is 10.0 Å². The highest BCUT2D eigenvalue weighted by Gasteiger charge is 2.28. The number of hydrogen-bond donors (Lipinski definition) is 0. The third-order valence-electron chi connectivity index (χ3n) is 4.61. The van der Waals surface area contributed by atoms with E-state index in [1.165, 1.54) is 0 Å². The second-order valence-corrected chi connectivity index (χ2v) is 6.93. The quantitative estimate of drug-likeness (QED) is 0.803. The first-order valence-electron chi connectivity index (χ1n) is 8.32. The average Bonchev–Trinajstić information content (AvgIpc) is 3.08. The zero-order chi connectivity index (χ0) is 17.4. The van der Waals surface area contributed by atoms with Gasteiger partial charge in [-0.1, -0.05) is 29.3 Å². The van der Waals surface area contributed by atoms with Crippen molar-refractivity contribution in [1.29, 1.82) is 0 Å². The first kappa shape index (κ1) is 16.5. The number of ether oxygens (including phenoxy) is 1. The lowest BCUT2D eigenvalue weighted by Gasteiger charge is -2.36. The molecule has 4 rings (SSSR count). The molecular formula is C17H18Cl2N4O2. The Kier molecular flexibility index (Phi) is 4.48. The average molecular weight is 381 g/mol. The Bertz CT molecular complexity index is 800. The van der Waals surface area contributed by atoms with Gasteiger partial charge in [0.25, 0.3) is 5.91 Å². The second-order valence-electron chi connectivity index (χ2n) is 6.14. The maximum atomic E-state index is 12.8. The number of aromatic nitrogens is 2. The third kappa shape index (κ3) is 3.04. The molecule has 3 heterocycles. The molecule has 0 N–H and O–H groups in total. The lowest BCUT2D eigenvalue weighted by molar-refractivity contribution is 0.0740. The summed E-state index contributed by atoms with van der Waals surface area (Å²) in [5.74, 6) is 0.566. The molecule has 0 atom stereocenters. The maximum Gasteiger partial charge on any atom is 0.261 e. The zero-order valence-corrected chi connectivity index (χ0v) is 15.1. The van der Waals surface area contributed by atoms with Gasteiger partial charge in [-0.2, -0.15) is 5.10 Å². The van der Waals surface area contributed by atoms with E-state index in [0.717, 1.165) is 18.7 Å². The normalized spacial score (nSPS) is 17.2. The predicted molar refractivity (Wildman–Crippen MR) is 96.9 cm³/mol. The van der Waals surface area contributed by atoms with Crippen LogP contribution >= 0.6 is 23.2 Å². The number of hydrogen-bond acceptors (Lipinski definition) is 4. The Balaban J connectivity index is 1.46. The van der Waals surface area contributed by atoms with Crippen LogP contribution in [0.15, 0.2) is 24.4 Å².